The molecule has 2 rings (SSSR count). The molecular weight excluding hydrogens is 368 g/mol. The summed E-state index contributed by atoms with van der Waals surface area (Å²) in [7, 11) is -3.65. The Balaban J connectivity index is 1.89. The van der Waals surface area contributed by atoms with E-state index >= 15 is 0 Å². The van der Waals surface area contributed by atoms with Crippen molar-refractivity contribution in [3.63, 3.8) is 0 Å². The lowest BCUT2D eigenvalue weighted by atomic mass is 10.1. The number of nitrogens with zero attached hydrogens (tertiary/aromatic N) is 1. The van der Waals surface area contributed by atoms with Gasteiger partial charge in [-0.05, 0) is 55.3 Å². The Labute approximate surface area is 158 Å². The highest BCUT2D eigenvalue weighted by atomic mass is 32.2. The van der Waals surface area contributed by atoms with E-state index in [0.29, 0.717) is 24.3 Å². The van der Waals surface area contributed by atoms with E-state index in [2.05, 4.69) is 4.72 Å². The maximum absolute atomic E-state index is 12.3. The van der Waals surface area contributed by atoms with Crippen LogP contribution in [0.4, 0.5) is 0 Å². The molecule has 0 atom stereocenters. The van der Waals surface area contributed by atoms with E-state index in [4.69, 9.17) is 14.7 Å². The van der Waals surface area contributed by atoms with Crippen LogP contribution in [-0.4, -0.2) is 34.1 Å². The number of esters is 1. The van der Waals surface area contributed by atoms with Crippen LogP contribution in [0.1, 0.15) is 18.1 Å². The third-order valence-corrected chi connectivity index (χ3v) is 5.04. The number of ether oxygens (including phenoxy) is 2. The normalized spacial score (nSPS) is 10.8. The van der Waals surface area contributed by atoms with Crippen molar-refractivity contribution in [3.05, 3.63) is 59.7 Å². The second kappa shape index (κ2) is 9.71. The average Bonchev–Trinajstić information content (AvgIpc) is 2.67. The Morgan fingerprint density at radius 2 is 1.93 bits per heavy atom. The molecule has 0 unspecified atom stereocenters. The number of hydrogen-bond acceptors (Lipinski definition) is 6. The highest BCUT2D eigenvalue weighted by molar-refractivity contribution is 7.89. The van der Waals surface area contributed by atoms with Crippen LogP contribution in [0.3, 0.4) is 0 Å². The summed E-state index contributed by atoms with van der Waals surface area (Å²) in [5, 5.41) is 8.77. The molecule has 0 radical (unpaired) electrons. The van der Waals surface area contributed by atoms with Crippen LogP contribution in [0.15, 0.2) is 53.4 Å². The number of sulfonamides is 1. The summed E-state index contributed by atoms with van der Waals surface area (Å²) in [6.07, 6.45) is 0.451. The molecule has 0 aliphatic heterocycles. The van der Waals surface area contributed by atoms with Crippen molar-refractivity contribution in [2.24, 2.45) is 0 Å². The van der Waals surface area contributed by atoms with Gasteiger partial charge in [0, 0.05) is 6.54 Å². The fraction of sp³-hybridized carbons (Fsp3) is 0.263. The van der Waals surface area contributed by atoms with Gasteiger partial charge in [-0.1, -0.05) is 12.1 Å². The summed E-state index contributed by atoms with van der Waals surface area (Å²) in [6.45, 7) is 2.03. The van der Waals surface area contributed by atoms with Gasteiger partial charge in [0.25, 0.3) is 0 Å². The maximum atomic E-state index is 12.3. The molecule has 0 bridgehead atoms. The van der Waals surface area contributed by atoms with Crippen molar-refractivity contribution in [1.29, 1.82) is 5.26 Å². The second-order valence-electron chi connectivity index (χ2n) is 5.53. The Morgan fingerprint density at radius 1 is 1.19 bits per heavy atom. The van der Waals surface area contributed by atoms with Crippen molar-refractivity contribution in [2.75, 3.05) is 19.8 Å². The summed E-state index contributed by atoms with van der Waals surface area (Å²) in [4.78, 5) is 11.4. The van der Waals surface area contributed by atoms with E-state index in [1.807, 2.05) is 12.1 Å². The van der Waals surface area contributed by atoms with Gasteiger partial charge in [-0.2, -0.15) is 5.26 Å². The zero-order valence-corrected chi connectivity index (χ0v) is 15.7. The highest BCUT2D eigenvalue weighted by Gasteiger charge is 2.13. The van der Waals surface area contributed by atoms with Gasteiger partial charge >= 0.3 is 5.97 Å². The van der Waals surface area contributed by atoms with Crippen LogP contribution in [0.2, 0.25) is 0 Å². The van der Waals surface area contributed by atoms with Crippen LogP contribution >= 0.6 is 0 Å². The van der Waals surface area contributed by atoms with Gasteiger partial charge in [-0.15, -0.1) is 0 Å². The molecule has 2 aromatic carbocycles. The molecule has 0 spiro atoms. The van der Waals surface area contributed by atoms with E-state index in [1.54, 1.807) is 25.1 Å². The van der Waals surface area contributed by atoms with Gasteiger partial charge < -0.3 is 9.47 Å². The molecule has 0 aliphatic rings. The van der Waals surface area contributed by atoms with Gasteiger partial charge in [0.1, 0.15) is 5.75 Å². The van der Waals surface area contributed by atoms with Crippen molar-refractivity contribution >= 4 is 16.0 Å². The first-order chi connectivity index (χ1) is 12.9. The molecule has 0 saturated carbocycles. The van der Waals surface area contributed by atoms with Crippen LogP contribution < -0.4 is 9.46 Å². The maximum Gasteiger partial charge on any atom is 0.344 e. The second-order valence-corrected chi connectivity index (χ2v) is 7.29. The minimum atomic E-state index is -3.65. The third kappa shape index (κ3) is 6.40. The van der Waals surface area contributed by atoms with E-state index in [9.17, 15) is 13.2 Å². The smallest absolute Gasteiger partial charge is 0.344 e. The number of benzene rings is 2. The van der Waals surface area contributed by atoms with Crippen LogP contribution in [0.5, 0.6) is 5.75 Å². The van der Waals surface area contributed by atoms with Crippen molar-refractivity contribution in [2.45, 2.75) is 18.2 Å². The Hall–Kier alpha value is -2.89. The van der Waals surface area contributed by atoms with Crippen LogP contribution in [0.25, 0.3) is 0 Å². The van der Waals surface area contributed by atoms with Gasteiger partial charge in [-0.3, -0.25) is 0 Å². The molecule has 27 heavy (non-hydrogen) atoms. The van der Waals surface area contributed by atoms with Gasteiger partial charge in [0.05, 0.1) is 23.1 Å². The zero-order chi connectivity index (χ0) is 19.7. The minimum absolute atomic E-state index is 0.105. The third-order valence-electron chi connectivity index (χ3n) is 3.56. The molecule has 0 amide bonds. The van der Waals surface area contributed by atoms with E-state index in [0.717, 1.165) is 5.56 Å². The Kier molecular flexibility index (Phi) is 7.34. The number of carbonyl (C=O) groups excluding carboxylic acids is 1. The molecule has 7 nitrogen and oxygen atoms in total. The summed E-state index contributed by atoms with van der Waals surface area (Å²) in [5.41, 5.74) is 1.26. The van der Waals surface area contributed by atoms with E-state index < -0.39 is 16.0 Å². The minimum Gasteiger partial charge on any atom is -0.482 e. The van der Waals surface area contributed by atoms with E-state index in [1.165, 1.54) is 24.3 Å². The SMILES string of the molecule is CCOC(=O)COc1cccc(CCNS(=O)(=O)c2ccc(C#N)cc2)c1. The number of nitrogens with one attached hydrogen (secondary N) is 1. The molecule has 0 heterocycles. The van der Waals surface area contributed by atoms with Gasteiger partial charge in [0.2, 0.25) is 10.0 Å². The topological polar surface area (TPSA) is 105 Å². The van der Waals surface area contributed by atoms with Gasteiger partial charge in [-0.25, -0.2) is 17.9 Å². The number of nitriles is 1. The monoisotopic (exact) mass is 388 g/mol. The molecule has 0 saturated heterocycles. The summed E-state index contributed by atoms with van der Waals surface area (Å²) < 4.78 is 37.2. The number of carbonyl (C=O) groups is 1. The lowest BCUT2D eigenvalue weighted by molar-refractivity contribution is -0.145. The van der Waals surface area contributed by atoms with Crippen molar-refractivity contribution < 1.29 is 22.7 Å². The molecule has 8 heteroatoms. The Morgan fingerprint density at radius 3 is 2.59 bits per heavy atom. The van der Waals surface area contributed by atoms with Crippen molar-refractivity contribution in [1.82, 2.24) is 4.72 Å². The quantitative estimate of drug-likeness (QED) is 0.659. The predicted octanol–water partition coefficient (Wildman–Crippen LogP) is 2.02. The highest BCUT2D eigenvalue weighted by Crippen LogP contribution is 2.14. The summed E-state index contributed by atoms with van der Waals surface area (Å²) >= 11 is 0. The fourth-order valence-corrected chi connectivity index (χ4v) is 3.29. The fourth-order valence-electron chi connectivity index (χ4n) is 2.26. The molecule has 0 aliphatic carbocycles. The number of rotatable bonds is 9. The molecular formula is C19H20N2O5S. The van der Waals surface area contributed by atoms with Crippen molar-refractivity contribution in [3.8, 4) is 11.8 Å². The molecule has 0 aromatic heterocycles. The molecule has 142 valence electrons. The lowest BCUT2D eigenvalue weighted by Gasteiger charge is -2.09. The zero-order valence-electron chi connectivity index (χ0n) is 14.8. The first kappa shape index (κ1) is 20.4. The lowest BCUT2D eigenvalue weighted by Crippen LogP contribution is -2.26. The number of hydrogen-bond donors (Lipinski definition) is 1. The first-order valence-corrected chi connectivity index (χ1v) is 9.80. The van der Waals surface area contributed by atoms with Crippen LogP contribution in [-0.2, 0) is 26.0 Å². The molecule has 1 N–H and O–H groups in total. The van der Waals surface area contributed by atoms with Crippen LogP contribution in [0, 0.1) is 11.3 Å². The molecule has 0 fully saturated rings. The predicted molar refractivity (Wildman–Crippen MR) is 98.6 cm³/mol. The Bertz CT molecular complexity index is 918. The molecule has 2 aromatic rings. The first-order valence-electron chi connectivity index (χ1n) is 8.32. The largest absolute Gasteiger partial charge is 0.482 e. The standard InChI is InChI=1S/C19H20N2O5S/c1-2-25-19(22)14-26-17-5-3-4-15(12-17)10-11-21-27(23,24)18-8-6-16(13-20)7-9-18/h3-9,12,21H,2,10-11,14H2,1H3. The van der Waals surface area contributed by atoms with E-state index in [-0.39, 0.29) is 18.0 Å². The summed E-state index contributed by atoms with van der Waals surface area (Å²) in [5.74, 6) is 0.0635. The average molecular weight is 388 g/mol. The summed E-state index contributed by atoms with van der Waals surface area (Å²) in [6, 6.07) is 14.7. The van der Waals surface area contributed by atoms with Gasteiger partial charge in [0.15, 0.2) is 6.61 Å².